The van der Waals surface area contributed by atoms with Crippen LogP contribution in [0, 0.1) is 27.4 Å². The third-order valence-corrected chi connectivity index (χ3v) is 3.21. The Bertz CT molecular complexity index is 596. The van der Waals surface area contributed by atoms with Gasteiger partial charge in [-0.15, -0.1) is 0 Å². The summed E-state index contributed by atoms with van der Waals surface area (Å²) in [7, 11) is 1.33. The molecule has 0 radical (unpaired) electrons. The van der Waals surface area contributed by atoms with Crippen molar-refractivity contribution in [3.63, 3.8) is 0 Å². The maximum Gasteiger partial charge on any atom is 0.310 e. The Balaban J connectivity index is 2.24. The highest BCUT2D eigenvalue weighted by atomic mass is 16.6. The molecule has 1 atom stereocenters. The SMILES string of the molecule is COC(=O)C1CCN(c2ncc([N+](=O)[O-])cc2C#N)C1. The fourth-order valence-corrected chi connectivity index (χ4v) is 2.19. The molecule has 1 aromatic heterocycles. The molecule has 104 valence electrons. The van der Waals surface area contributed by atoms with Crippen LogP contribution in [-0.4, -0.2) is 36.1 Å². The van der Waals surface area contributed by atoms with Crippen molar-refractivity contribution < 1.29 is 14.5 Å². The molecular formula is C12H12N4O4. The van der Waals surface area contributed by atoms with Gasteiger partial charge in [0, 0.05) is 19.2 Å². The van der Waals surface area contributed by atoms with Crippen LogP contribution in [0.1, 0.15) is 12.0 Å². The molecular weight excluding hydrogens is 264 g/mol. The van der Waals surface area contributed by atoms with Crippen LogP contribution in [-0.2, 0) is 9.53 Å². The highest BCUT2D eigenvalue weighted by molar-refractivity contribution is 5.74. The van der Waals surface area contributed by atoms with Gasteiger partial charge >= 0.3 is 5.97 Å². The number of carbonyl (C=O) groups excluding carboxylic acids is 1. The molecule has 0 saturated carbocycles. The first-order valence-corrected chi connectivity index (χ1v) is 5.94. The summed E-state index contributed by atoms with van der Waals surface area (Å²) in [4.78, 5) is 27.3. The van der Waals surface area contributed by atoms with E-state index in [9.17, 15) is 14.9 Å². The van der Waals surface area contributed by atoms with E-state index in [1.165, 1.54) is 13.2 Å². The topological polar surface area (TPSA) is 109 Å². The summed E-state index contributed by atoms with van der Waals surface area (Å²) in [5, 5.41) is 19.7. The lowest BCUT2D eigenvalue weighted by molar-refractivity contribution is -0.385. The van der Waals surface area contributed by atoms with Crippen molar-refractivity contribution in [3.8, 4) is 6.07 Å². The number of carbonyl (C=O) groups is 1. The fourth-order valence-electron chi connectivity index (χ4n) is 2.19. The Morgan fingerprint density at radius 3 is 3.05 bits per heavy atom. The van der Waals surface area contributed by atoms with Crippen LogP contribution in [0.15, 0.2) is 12.3 Å². The first kappa shape index (κ1) is 13.7. The van der Waals surface area contributed by atoms with Gasteiger partial charge in [0.15, 0.2) is 0 Å². The lowest BCUT2D eigenvalue weighted by Crippen LogP contribution is -2.25. The van der Waals surface area contributed by atoms with Crippen LogP contribution in [0.2, 0.25) is 0 Å². The van der Waals surface area contributed by atoms with E-state index >= 15 is 0 Å². The van der Waals surface area contributed by atoms with Gasteiger partial charge in [-0.05, 0) is 6.42 Å². The summed E-state index contributed by atoms with van der Waals surface area (Å²) in [6.45, 7) is 0.950. The van der Waals surface area contributed by atoms with E-state index in [0.717, 1.165) is 6.20 Å². The lowest BCUT2D eigenvalue weighted by Gasteiger charge is -2.17. The van der Waals surface area contributed by atoms with Crippen molar-refractivity contribution in [2.45, 2.75) is 6.42 Å². The minimum absolute atomic E-state index is 0.129. The van der Waals surface area contributed by atoms with Crippen LogP contribution >= 0.6 is 0 Å². The standard InChI is InChI=1S/C12H12N4O4/c1-20-12(17)8-2-3-15(7-8)11-9(5-13)4-10(6-14-11)16(18)19/h4,6,8H,2-3,7H2,1H3. The summed E-state index contributed by atoms with van der Waals surface area (Å²) in [5.41, 5.74) is -0.0984. The zero-order valence-electron chi connectivity index (χ0n) is 10.8. The maximum absolute atomic E-state index is 11.5. The Hall–Kier alpha value is -2.69. The Labute approximate surface area is 114 Å². The van der Waals surface area contributed by atoms with E-state index in [-0.39, 0.29) is 23.1 Å². The van der Waals surface area contributed by atoms with E-state index in [4.69, 9.17) is 5.26 Å². The molecule has 1 aromatic rings. The van der Waals surface area contributed by atoms with Crippen LogP contribution in [0.4, 0.5) is 11.5 Å². The van der Waals surface area contributed by atoms with Crippen molar-refractivity contribution in [1.29, 1.82) is 5.26 Å². The monoisotopic (exact) mass is 276 g/mol. The molecule has 0 amide bonds. The number of pyridine rings is 1. The average molecular weight is 276 g/mol. The predicted molar refractivity (Wildman–Crippen MR) is 67.9 cm³/mol. The smallest absolute Gasteiger partial charge is 0.310 e. The van der Waals surface area contributed by atoms with Crippen LogP contribution in [0.25, 0.3) is 0 Å². The number of nitro groups is 1. The van der Waals surface area contributed by atoms with E-state index in [1.807, 2.05) is 6.07 Å². The minimum Gasteiger partial charge on any atom is -0.469 e. The zero-order valence-corrected chi connectivity index (χ0v) is 10.8. The summed E-state index contributed by atoms with van der Waals surface area (Å²) in [5.74, 6) is -0.194. The maximum atomic E-state index is 11.5. The van der Waals surface area contributed by atoms with Gasteiger partial charge in [-0.3, -0.25) is 14.9 Å². The molecule has 0 spiro atoms. The van der Waals surface area contributed by atoms with Crippen molar-refractivity contribution >= 4 is 17.5 Å². The number of hydrogen-bond donors (Lipinski definition) is 0. The first-order valence-electron chi connectivity index (χ1n) is 5.94. The van der Waals surface area contributed by atoms with Crippen molar-refractivity contribution in [1.82, 2.24) is 4.98 Å². The molecule has 0 bridgehead atoms. The molecule has 1 saturated heterocycles. The second-order valence-corrected chi connectivity index (χ2v) is 4.39. The molecule has 1 unspecified atom stereocenters. The average Bonchev–Trinajstić information content (AvgIpc) is 2.95. The zero-order chi connectivity index (χ0) is 14.7. The van der Waals surface area contributed by atoms with Gasteiger partial charge < -0.3 is 9.64 Å². The summed E-state index contributed by atoms with van der Waals surface area (Å²) >= 11 is 0. The summed E-state index contributed by atoms with van der Waals surface area (Å²) < 4.78 is 4.69. The van der Waals surface area contributed by atoms with Crippen molar-refractivity contribution in [3.05, 3.63) is 27.9 Å². The highest BCUT2D eigenvalue weighted by Crippen LogP contribution is 2.27. The van der Waals surface area contributed by atoms with Crippen LogP contribution in [0.3, 0.4) is 0 Å². The number of rotatable bonds is 3. The summed E-state index contributed by atoms with van der Waals surface area (Å²) in [6, 6.07) is 3.09. The van der Waals surface area contributed by atoms with Gasteiger partial charge in [-0.25, -0.2) is 4.98 Å². The second-order valence-electron chi connectivity index (χ2n) is 4.39. The van der Waals surface area contributed by atoms with Gasteiger partial charge in [0.1, 0.15) is 23.6 Å². The van der Waals surface area contributed by atoms with E-state index in [2.05, 4.69) is 9.72 Å². The molecule has 20 heavy (non-hydrogen) atoms. The molecule has 1 fully saturated rings. The minimum atomic E-state index is -0.598. The van der Waals surface area contributed by atoms with Crippen LogP contribution in [0.5, 0.6) is 0 Å². The van der Waals surface area contributed by atoms with Gasteiger partial charge in [0.2, 0.25) is 0 Å². The molecule has 2 rings (SSSR count). The lowest BCUT2D eigenvalue weighted by atomic mass is 10.1. The van der Waals surface area contributed by atoms with Gasteiger partial charge in [-0.1, -0.05) is 0 Å². The predicted octanol–water partition coefficient (Wildman–Crippen LogP) is 0.861. The molecule has 8 heteroatoms. The van der Waals surface area contributed by atoms with E-state index < -0.39 is 4.92 Å². The number of anilines is 1. The second kappa shape index (κ2) is 5.52. The van der Waals surface area contributed by atoms with Gasteiger partial charge in [0.25, 0.3) is 5.69 Å². The number of nitriles is 1. The van der Waals surface area contributed by atoms with E-state index in [1.54, 1.807) is 4.90 Å². The Kier molecular flexibility index (Phi) is 3.79. The fraction of sp³-hybridized carbons (Fsp3) is 0.417. The largest absolute Gasteiger partial charge is 0.469 e. The third kappa shape index (κ3) is 2.51. The summed E-state index contributed by atoms with van der Waals surface area (Å²) in [6.07, 6.45) is 1.72. The molecule has 2 heterocycles. The molecule has 1 aliphatic rings. The molecule has 0 N–H and O–H groups in total. The van der Waals surface area contributed by atoms with Crippen molar-refractivity contribution in [2.24, 2.45) is 5.92 Å². The van der Waals surface area contributed by atoms with Gasteiger partial charge in [0.05, 0.1) is 18.0 Å². The quantitative estimate of drug-likeness (QED) is 0.457. The number of ether oxygens (including phenoxy) is 1. The normalized spacial score (nSPS) is 17.6. The van der Waals surface area contributed by atoms with E-state index in [0.29, 0.717) is 25.3 Å². The molecule has 1 aliphatic heterocycles. The van der Waals surface area contributed by atoms with Crippen molar-refractivity contribution in [2.75, 3.05) is 25.1 Å². The number of nitrogens with zero attached hydrogens (tertiary/aromatic N) is 4. The Morgan fingerprint density at radius 1 is 1.70 bits per heavy atom. The first-order chi connectivity index (χ1) is 9.56. The molecule has 0 aromatic carbocycles. The Morgan fingerprint density at radius 2 is 2.45 bits per heavy atom. The number of esters is 1. The number of methoxy groups -OCH3 is 1. The molecule has 0 aliphatic carbocycles. The highest BCUT2D eigenvalue weighted by Gasteiger charge is 2.31. The third-order valence-electron chi connectivity index (χ3n) is 3.21. The molecule has 8 nitrogen and oxygen atoms in total. The van der Waals surface area contributed by atoms with Gasteiger partial charge in [-0.2, -0.15) is 5.26 Å². The van der Waals surface area contributed by atoms with Crippen LogP contribution < -0.4 is 4.90 Å². The number of aromatic nitrogens is 1. The number of hydrogen-bond acceptors (Lipinski definition) is 7.